The summed E-state index contributed by atoms with van der Waals surface area (Å²) < 4.78 is 10.9. The molecular weight excluding hydrogens is 473 g/mol. The molecular formula is C22H17Cl2N3O6. The first kappa shape index (κ1) is 23.8. The van der Waals surface area contributed by atoms with Crippen LogP contribution in [-0.2, 0) is 9.59 Å². The molecule has 2 amide bonds. The number of hydrogen-bond donors (Lipinski definition) is 3. The highest BCUT2D eigenvalue weighted by Gasteiger charge is 2.12. The first-order chi connectivity index (χ1) is 15.8. The standard InChI is InChI=1S/C22H17Cl2N3O6/c23-14-2-4-15(5-3-14)32-12-21(29)25-11-20(28)27-26-10-16-6-8-19(33-16)13-1-7-18(24)17(9-13)22(30)31/h1-10H,11-12H2,(H,25,29)(H,27,28)(H,30,31)/b26-10-. The summed E-state index contributed by atoms with van der Waals surface area (Å²) in [6.45, 7) is -0.562. The Hall–Kier alpha value is -3.82. The van der Waals surface area contributed by atoms with Crippen LogP contribution in [-0.4, -0.2) is 42.3 Å². The van der Waals surface area contributed by atoms with Crippen molar-refractivity contribution < 1.29 is 28.6 Å². The second kappa shape index (κ2) is 11.2. The van der Waals surface area contributed by atoms with Crippen molar-refractivity contribution in [2.75, 3.05) is 13.2 Å². The highest BCUT2D eigenvalue weighted by Crippen LogP contribution is 2.26. The van der Waals surface area contributed by atoms with Crippen LogP contribution in [0.3, 0.4) is 0 Å². The number of carboxylic acids is 1. The molecule has 1 aromatic heterocycles. The average Bonchev–Trinajstić information content (AvgIpc) is 3.26. The smallest absolute Gasteiger partial charge is 0.337 e. The number of carboxylic acid groups (broad SMARTS) is 1. The van der Waals surface area contributed by atoms with E-state index in [1.165, 1.54) is 18.3 Å². The molecule has 0 saturated carbocycles. The van der Waals surface area contributed by atoms with Gasteiger partial charge < -0.3 is 19.6 Å². The van der Waals surface area contributed by atoms with Gasteiger partial charge in [0.25, 0.3) is 11.8 Å². The number of rotatable bonds is 9. The van der Waals surface area contributed by atoms with E-state index in [-0.39, 0.29) is 23.7 Å². The molecule has 3 N–H and O–H groups in total. The van der Waals surface area contributed by atoms with E-state index in [1.807, 2.05) is 0 Å². The molecule has 0 fully saturated rings. The van der Waals surface area contributed by atoms with Gasteiger partial charge in [0, 0.05) is 10.6 Å². The number of carbonyl (C=O) groups is 3. The van der Waals surface area contributed by atoms with E-state index in [0.717, 1.165) is 0 Å². The molecule has 2 aromatic carbocycles. The van der Waals surface area contributed by atoms with Crippen molar-refractivity contribution in [2.45, 2.75) is 0 Å². The normalized spacial score (nSPS) is 10.7. The van der Waals surface area contributed by atoms with Crippen molar-refractivity contribution in [3.05, 3.63) is 76.0 Å². The molecule has 170 valence electrons. The molecule has 0 aliphatic heterocycles. The Labute approximate surface area is 197 Å². The molecule has 0 spiro atoms. The molecule has 0 bridgehead atoms. The Kier molecular flexibility index (Phi) is 8.06. The number of hydrogen-bond acceptors (Lipinski definition) is 6. The topological polar surface area (TPSA) is 130 Å². The highest BCUT2D eigenvalue weighted by atomic mass is 35.5. The van der Waals surface area contributed by atoms with Gasteiger partial charge in [0.15, 0.2) is 6.61 Å². The zero-order valence-electron chi connectivity index (χ0n) is 16.9. The number of ether oxygens (including phenoxy) is 1. The lowest BCUT2D eigenvalue weighted by Crippen LogP contribution is -2.37. The third-order valence-corrected chi connectivity index (χ3v) is 4.70. The number of benzene rings is 2. The van der Waals surface area contributed by atoms with Crippen molar-refractivity contribution in [1.82, 2.24) is 10.7 Å². The summed E-state index contributed by atoms with van der Waals surface area (Å²) in [6.07, 6.45) is 1.26. The molecule has 33 heavy (non-hydrogen) atoms. The number of carbonyl (C=O) groups excluding carboxylic acids is 2. The Balaban J connectivity index is 1.44. The van der Waals surface area contributed by atoms with E-state index in [2.05, 4.69) is 15.8 Å². The minimum absolute atomic E-state index is 0.0475. The quantitative estimate of drug-likeness (QED) is 0.311. The first-order valence-electron chi connectivity index (χ1n) is 9.42. The SMILES string of the molecule is O=C(COc1ccc(Cl)cc1)NCC(=O)N/N=C\c1ccc(-c2ccc(Cl)c(C(=O)O)c2)o1. The van der Waals surface area contributed by atoms with E-state index in [9.17, 15) is 14.4 Å². The highest BCUT2D eigenvalue weighted by molar-refractivity contribution is 6.33. The van der Waals surface area contributed by atoms with Gasteiger partial charge in [-0.2, -0.15) is 5.10 Å². The lowest BCUT2D eigenvalue weighted by molar-refractivity contribution is -0.127. The lowest BCUT2D eigenvalue weighted by Gasteiger charge is -2.06. The van der Waals surface area contributed by atoms with Gasteiger partial charge in [-0.25, -0.2) is 10.2 Å². The fourth-order valence-electron chi connectivity index (χ4n) is 2.54. The molecule has 0 aliphatic rings. The van der Waals surface area contributed by atoms with Gasteiger partial charge in [-0.15, -0.1) is 0 Å². The molecule has 0 aliphatic carbocycles. The number of aromatic carboxylic acids is 1. The second-order valence-electron chi connectivity index (χ2n) is 6.51. The zero-order chi connectivity index (χ0) is 23.8. The van der Waals surface area contributed by atoms with Gasteiger partial charge in [0.1, 0.15) is 17.3 Å². The molecule has 1 heterocycles. The molecule has 3 aromatic rings. The van der Waals surface area contributed by atoms with E-state index in [1.54, 1.807) is 42.5 Å². The fourth-order valence-corrected chi connectivity index (χ4v) is 2.86. The number of furan rings is 1. The van der Waals surface area contributed by atoms with Crippen molar-refractivity contribution in [1.29, 1.82) is 0 Å². The summed E-state index contributed by atoms with van der Waals surface area (Å²) in [6, 6.07) is 14.2. The van der Waals surface area contributed by atoms with Crippen LogP contribution in [0.4, 0.5) is 0 Å². The fraction of sp³-hybridized carbons (Fsp3) is 0.0909. The number of nitrogens with zero attached hydrogens (tertiary/aromatic N) is 1. The predicted octanol–water partition coefficient (Wildman–Crippen LogP) is 3.60. The Morgan fingerprint density at radius 3 is 2.52 bits per heavy atom. The van der Waals surface area contributed by atoms with Crippen molar-refractivity contribution >= 4 is 47.2 Å². The molecule has 11 heteroatoms. The first-order valence-corrected chi connectivity index (χ1v) is 10.2. The minimum Gasteiger partial charge on any atom is -0.484 e. The van der Waals surface area contributed by atoms with Crippen molar-refractivity contribution in [2.24, 2.45) is 5.10 Å². The summed E-state index contributed by atoms with van der Waals surface area (Å²) in [4.78, 5) is 34.8. The maximum atomic E-state index is 11.8. The van der Waals surface area contributed by atoms with Crippen LogP contribution >= 0.6 is 23.2 Å². The van der Waals surface area contributed by atoms with Gasteiger partial charge >= 0.3 is 5.97 Å². The van der Waals surface area contributed by atoms with Crippen LogP contribution < -0.4 is 15.5 Å². The van der Waals surface area contributed by atoms with Gasteiger partial charge in [-0.05, 0) is 54.6 Å². The number of hydrazone groups is 1. The van der Waals surface area contributed by atoms with E-state index in [0.29, 0.717) is 27.9 Å². The molecule has 0 radical (unpaired) electrons. The third kappa shape index (κ3) is 7.09. The number of amides is 2. The Morgan fingerprint density at radius 2 is 1.79 bits per heavy atom. The Morgan fingerprint density at radius 1 is 1.03 bits per heavy atom. The van der Waals surface area contributed by atoms with Gasteiger partial charge in [0.2, 0.25) is 0 Å². The van der Waals surface area contributed by atoms with Crippen LogP contribution in [0.5, 0.6) is 5.75 Å². The monoisotopic (exact) mass is 489 g/mol. The minimum atomic E-state index is -1.15. The summed E-state index contributed by atoms with van der Waals surface area (Å²) in [5.41, 5.74) is 2.72. The van der Waals surface area contributed by atoms with Crippen molar-refractivity contribution in [3.63, 3.8) is 0 Å². The summed E-state index contributed by atoms with van der Waals surface area (Å²) in [5.74, 6) is -1.00. The summed E-state index contributed by atoms with van der Waals surface area (Å²) in [5, 5.41) is 16.0. The summed E-state index contributed by atoms with van der Waals surface area (Å²) in [7, 11) is 0. The maximum Gasteiger partial charge on any atom is 0.337 e. The van der Waals surface area contributed by atoms with Crippen LogP contribution in [0.1, 0.15) is 16.1 Å². The predicted molar refractivity (Wildman–Crippen MR) is 122 cm³/mol. The molecule has 0 atom stereocenters. The molecule has 9 nitrogen and oxygen atoms in total. The number of halogens is 2. The van der Waals surface area contributed by atoms with Crippen LogP contribution in [0, 0.1) is 0 Å². The van der Waals surface area contributed by atoms with Gasteiger partial charge in [0.05, 0.1) is 23.3 Å². The zero-order valence-corrected chi connectivity index (χ0v) is 18.4. The van der Waals surface area contributed by atoms with E-state index in [4.69, 9.17) is 37.5 Å². The van der Waals surface area contributed by atoms with Crippen LogP contribution in [0.25, 0.3) is 11.3 Å². The molecule has 3 rings (SSSR count). The van der Waals surface area contributed by atoms with Crippen molar-refractivity contribution in [3.8, 4) is 17.1 Å². The summed E-state index contributed by atoms with van der Waals surface area (Å²) >= 11 is 11.6. The maximum absolute atomic E-state index is 11.8. The lowest BCUT2D eigenvalue weighted by atomic mass is 10.1. The van der Waals surface area contributed by atoms with Crippen LogP contribution in [0.15, 0.2) is 64.1 Å². The Bertz CT molecular complexity index is 1190. The van der Waals surface area contributed by atoms with Gasteiger partial charge in [-0.3, -0.25) is 9.59 Å². The number of nitrogens with one attached hydrogen (secondary N) is 2. The van der Waals surface area contributed by atoms with E-state index < -0.39 is 17.8 Å². The second-order valence-corrected chi connectivity index (χ2v) is 7.36. The van der Waals surface area contributed by atoms with Crippen LogP contribution in [0.2, 0.25) is 10.0 Å². The van der Waals surface area contributed by atoms with Gasteiger partial charge in [-0.1, -0.05) is 23.2 Å². The third-order valence-electron chi connectivity index (χ3n) is 4.12. The largest absolute Gasteiger partial charge is 0.484 e. The van der Waals surface area contributed by atoms with E-state index >= 15 is 0 Å². The molecule has 0 saturated heterocycles. The molecule has 0 unspecified atom stereocenters. The average molecular weight is 490 g/mol.